The maximum absolute atomic E-state index is 12.1. The number of carbonyl (C=O) groups is 1. The first-order valence-electron chi connectivity index (χ1n) is 6.10. The number of hydrogen-bond donors (Lipinski definition) is 1. The van der Waals surface area contributed by atoms with E-state index in [-0.39, 0.29) is 5.91 Å². The summed E-state index contributed by atoms with van der Waals surface area (Å²) in [6.07, 6.45) is -0.598. The largest absolute Gasteiger partial charge is 0.478 e. The molecule has 1 aromatic rings. The van der Waals surface area contributed by atoms with Gasteiger partial charge in [-0.25, -0.2) is 0 Å². The number of hydrogen-bond acceptors (Lipinski definition) is 3. The van der Waals surface area contributed by atoms with E-state index in [1.54, 1.807) is 24.0 Å². The Kier molecular flexibility index (Phi) is 5.94. The second-order valence-corrected chi connectivity index (χ2v) is 5.37. The van der Waals surface area contributed by atoms with Crippen LogP contribution in [0, 0.1) is 0 Å². The van der Waals surface area contributed by atoms with Crippen LogP contribution in [0.15, 0.2) is 16.6 Å². The molecule has 0 aliphatic heterocycles. The number of nitrogens with two attached hydrogens (primary N) is 1. The standard InChI is InChI=1S/C13H18BrClN2O2/c1-4-17(5-2)13(18)8(3)19-12-10(14)6-9(15)7-11(12)16/h6-8H,4-5,16H2,1-3H3. The summed E-state index contributed by atoms with van der Waals surface area (Å²) in [5.74, 6) is 0.378. The van der Waals surface area contributed by atoms with Crippen LogP contribution >= 0.6 is 27.5 Å². The van der Waals surface area contributed by atoms with Gasteiger partial charge in [0.25, 0.3) is 5.91 Å². The van der Waals surface area contributed by atoms with Gasteiger partial charge in [0.05, 0.1) is 10.2 Å². The number of halogens is 2. The molecule has 2 N–H and O–H groups in total. The highest BCUT2D eigenvalue weighted by Crippen LogP contribution is 2.35. The van der Waals surface area contributed by atoms with Gasteiger partial charge >= 0.3 is 0 Å². The van der Waals surface area contributed by atoms with Crippen LogP contribution in [0.4, 0.5) is 5.69 Å². The number of amides is 1. The van der Waals surface area contributed by atoms with Gasteiger partial charge in [-0.15, -0.1) is 0 Å². The second-order valence-electron chi connectivity index (χ2n) is 4.08. The van der Waals surface area contributed by atoms with E-state index in [0.717, 1.165) is 0 Å². The minimum atomic E-state index is -0.598. The third-order valence-electron chi connectivity index (χ3n) is 2.75. The first-order chi connectivity index (χ1) is 8.90. The van der Waals surface area contributed by atoms with Crippen molar-refractivity contribution < 1.29 is 9.53 Å². The molecule has 0 radical (unpaired) electrons. The molecule has 0 aliphatic carbocycles. The zero-order valence-electron chi connectivity index (χ0n) is 11.2. The lowest BCUT2D eigenvalue weighted by Gasteiger charge is -2.24. The van der Waals surface area contributed by atoms with Crippen molar-refractivity contribution in [3.05, 3.63) is 21.6 Å². The molecule has 6 heteroatoms. The first kappa shape index (κ1) is 16.1. The molecule has 0 bridgehead atoms. The van der Waals surface area contributed by atoms with Crippen molar-refractivity contribution >= 4 is 39.1 Å². The minimum Gasteiger partial charge on any atom is -0.478 e. The monoisotopic (exact) mass is 348 g/mol. The molecule has 1 aromatic carbocycles. The van der Waals surface area contributed by atoms with Crippen LogP contribution in [0.5, 0.6) is 5.75 Å². The Hall–Kier alpha value is -0.940. The number of likely N-dealkylation sites (N-methyl/N-ethyl adjacent to an activating group) is 1. The van der Waals surface area contributed by atoms with Crippen LogP contribution in [0.3, 0.4) is 0 Å². The average molecular weight is 350 g/mol. The third kappa shape index (κ3) is 4.01. The van der Waals surface area contributed by atoms with Crippen LogP contribution in [0.2, 0.25) is 5.02 Å². The molecule has 4 nitrogen and oxygen atoms in total. The fourth-order valence-electron chi connectivity index (χ4n) is 1.72. The van der Waals surface area contributed by atoms with Crippen molar-refractivity contribution in [3.63, 3.8) is 0 Å². The molecule has 106 valence electrons. The lowest BCUT2D eigenvalue weighted by atomic mass is 10.2. The molecule has 0 saturated carbocycles. The van der Waals surface area contributed by atoms with Crippen molar-refractivity contribution in [3.8, 4) is 5.75 Å². The van der Waals surface area contributed by atoms with Crippen LogP contribution in [-0.4, -0.2) is 30.0 Å². The number of carbonyl (C=O) groups excluding carboxylic acids is 1. The highest BCUT2D eigenvalue weighted by Gasteiger charge is 2.21. The van der Waals surface area contributed by atoms with Gasteiger partial charge in [-0.2, -0.15) is 0 Å². The molecule has 1 unspecified atom stereocenters. The zero-order chi connectivity index (χ0) is 14.6. The molecule has 0 heterocycles. The summed E-state index contributed by atoms with van der Waals surface area (Å²) in [4.78, 5) is 13.8. The number of nitrogen functional groups attached to an aromatic ring is 1. The van der Waals surface area contributed by atoms with E-state index in [4.69, 9.17) is 22.1 Å². The van der Waals surface area contributed by atoms with Crippen molar-refractivity contribution in [2.24, 2.45) is 0 Å². The van der Waals surface area contributed by atoms with Gasteiger partial charge in [0.1, 0.15) is 0 Å². The fourth-order valence-corrected chi connectivity index (χ4v) is 2.65. The molecule has 0 aromatic heterocycles. The lowest BCUT2D eigenvalue weighted by Crippen LogP contribution is -2.40. The van der Waals surface area contributed by atoms with Crippen molar-refractivity contribution in [1.82, 2.24) is 4.90 Å². The normalized spacial score (nSPS) is 12.1. The summed E-state index contributed by atoms with van der Waals surface area (Å²) < 4.78 is 6.29. The maximum Gasteiger partial charge on any atom is 0.263 e. The van der Waals surface area contributed by atoms with Gasteiger partial charge in [0.15, 0.2) is 11.9 Å². The van der Waals surface area contributed by atoms with Gasteiger partial charge < -0.3 is 15.4 Å². The molecule has 1 rings (SSSR count). The Balaban J connectivity index is 2.88. The molecule has 0 saturated heterocycles. The summed E-state index contributed by atoms with van der Waals surface area (Å²) in [6, 6.07) is 3.28. The number of rotatable bonds is 5. The van der Waals surface area contributed by atoms with Crippen LogP contribution in [0.1, 0.15) is 20.8 Å². The average Bonchev–Trinajstić information content (AvgIpc) is 2.34. The van der Waals surface area contributed by atoms with Crippen LogP contribution in [-0.2, 0) is 4.79 Å². The zero-order valence-corrected chi connectivity index (χ0v) is 13.6. The Morgan fingerprint density at radius 1 is 1.47 bits per heavy atom. The van der Waals surface area contributed by atoms with Gasteiger partial charge in [0.2, 0.25) is 0 Å². The van der Waals surface area contributed by atoms with E-state index in [0.29, 0.717) is 34.0 Å². The molecule has 1 amide bonds. The number of ether oxygens (including phenoxy) is 1. The highest BCUT2D eigenvalue weighted by molar-refractivity contribution is 9.10. The van der Waals surface area contributed by atoms with E-state index in [9.17, 15) is 4.79 Å². The summed E-state index contributed by atoms with van der Waals surface area (Å²) in [7, 11) is 0. The van der Waals surface area contributed by atoms with Crippen molar-refractivity contribution in [1.29, 1.82) is 0 Å². The van der Waals surface area contributed by atoms with Crippen molar-refractivity contribution in [2.45, 2.75) is 26.9 Å². The SMILES string of the molecule is CCN(CC)C(=O)C(C)Oc1c(N)cc(Cl)cc1Br. The van der Waals surface area contributed by atoms with E-state index in [1.807, 2.05) is 13.8 Å². The van der Waals surface area contributed by atoms with Gasteiger partial charge in [-0.05, 0) is 48.8 Å². The predicted molar refractivity (Wildman–Crippen MR) is 81.6 cm³/mol. The third-order valence-corrected chi connectivity index (χ3v) is 3.56. The summed E-state index contributed by atoms with van der Waals surface area (Å²) >= 11 is 9.21. The molecular formula is C13H18BrClN2O2. The summed E-state index contributed by atoms with van der Waals surface area (Å²) in [5, 5.41) is 0.513. The van der Waals surface area contributed by atoms with Gasteiger partial charge in [-0.3, -0.25) is 4.79 Å². The minimum absolute atomic E-state index is 0.0637. The topological polar surface area (TPSA) is 55.6 Å². The van der Waals surface area contributed by atoms with E-state index in [2.05, 4.69) is 15.9 Å². The Morgan fingerprint density at radius 2 is 2.05 bits per heavy atom. The molecule has 0 fully saturated rings. The Labute approximate surface area is 127 Å². The van der Waals surface area contributed by atoms with E-state index >= 15 is 0 Å². The quantitative estimate of drug-likeness (QED) is 0.830. The number of anilines is 1. The maximum atomic E-state index is 12.1. The molecule has 19 heavy (non-hydrogen) atoms. The van der Waals surface area contributed by atoms with Crippen molar-refractivity contribution in [2.75, 3.05) is 18.8 Å². The highest BCUT2D eigenvalue weighted by atomic mass is 79.9. The number of benzene rings is 1. The van der Waals surface area contributed by atoms with Gasteiger partial charge in [-0.1, -0.05) is 11.6 Å². The first-order valence-corrected chi connectivity index (χ1v) is 7.27. The molecule has 0 spiro atoms. The van der Waals surface area contributed by atoms with Gasteiger partial charge in [0, 0.05) is 18.1 Å². The smallest absolute Gasteiger partial charge is 0.263 e. The predicted octanol–water partition coefficient (Wildman–Crippen LogP) is 3.32. The Morgan fingerprint density at radius 3 is 2.53 bits per heavy atom. The van der Waals surface area contributed by atoms with Crippen LogP contribution < -0.4 is 10.5 Å². The van der Waals surface area contributed by atoms with E-state index < -0.39 is 6.10 Å². The number of nitrogens with zero attached hydrogens (tertiary/aromatic N) is 1. The Bertz CT molecular complexity index is 441. The summed E-state index contributed by atoms with van der Waals surface area (Å²) in [6.45, 7) is 6.88. The molecule has 0 aliphatic rings. The fraction of sp³-hybridized carbons (Fsp3) is 0.462. The molecular weight excluding hydrogens is 332 g/mol. The summed E-state index contributed by atoms with van der Waals surface area (Å²) in [5.41, 5.74) is 6.25. The van der Waals surface area contributed by atoms with E-state index in [1.165, 1.54) is 0 Å². The lowest BCUT2D eigenvalue weighted by molar-refractivity contribution is -0.137. The second kappa shape index (κ2) is 7.01. The molecule has 1 atom stereocenters. The van der Waals surface area contributed by atoms with Crippen LogP contribution in [0.25, 0.3) is 0 Å².